The highest BCUT2D eigenvalue weighted by atomic mass is 16.7. The van der Waals surface area contributed by atoms with Crippen LogP contribution in [0.4, 0.5) is 0 Å². The van der Waals surface area contributed by atoms with Gasteiger partial charge in [0.2, 0.25) is 0 Å². The molecule has 39 heavy (non-hydrogen) atoms. The van der Waals surface area contributed by atoms with Crippen molar-refractivity contribution in [1.82, 2.24) is 15.3 Å². The molecule has 0 aliphatic carbocycles. The third-order valence-electron chi connectivity index (χ3n) is 7.24. The molecule has 6 rings (SSSR count). The summed E-state index contributed by atoms with van der Waals surface area (Å²) in [6, 6.07) is 25.7. The fourth-order valence-electron chi connectivity index (χ4n) is 5.33. The Bertz CT molecular complexity index is 1530. The first-order valence-corrected chi connectivity index (χ1v) is 13.5. The number of fused-ring (bicyclic) bond motifs is 1. The number of hydrogen-bond acceptors (Lipinski definition) is 6. The van der Waals surface area contributed by atoms with E-state index >= 15 is 0 Å². The second-order valence-electron chi connectivity index (χ2n) is 9.77. The number of rotatable bonds is 7. The summed E-state index contributed by atoms with van der Waals surface area (Å²) in [6.45, 7) is 3.00. The second kappa shape index (κ2) is 11.4. The molecule has 1 saturated heterocycles. The highest BCUT2D eigenvalue weighted by molar-refractivity contribution is 6.01. The summed E-state index contributed by atoms with van der Waals surface area (Å²) in [5.74, 6) is 0.483. The SMILES string of the molecule is CC/C(=C(/c1ccc(/C=C/C2=NC(O)ON2)cc1)c1ccc2c(cnn2C2CCCCO2)c1)c1ccccc1. The van der Waals surface area contributed by atoms with Crippen LogP contribution in [-0.2, 0) is 9.57 Å². The number of aromatic nitrogens is 2. The minimum atomic E-state index is -1.16. The predicted molar refractivity (Wildman–Crippen MR) is 154 cm³/mol. The summed E-state index contributed by atoms with van der Waals surface area (Å²) in [6.07, 6.45) is 8.69. The van der Waals surface area contributed by atoms with Crippen LogP contribution in [0.15, 0.2) is 90.1 Å². The maximum atomic E-state index is 9.38. The molecule has 7 nitrogen and oxygen atoms in total. The Hall–Kier alpha value is -4.04. The number of nitrogens with one attached hydrogen (secondary N) is 1. The van der Waals surface area contributed by atoms with E-state index in [2.05, 4.69) is 90.2 Å². The summed E-state index contributed by atoms with van der Waals surface area (Å²) in [7, 11) is 0. The average Bonchev–Trinajstić information content (AvgIpc) is 3.61. The summed E-state index contributed by atoms with van der Waals surface area (Å²) >= 11 is 0. The van der Waals surface area contributed by atoms with Crippen molar-refractivity contribution in [3.63, 3.8) is 0 Å². The fraction of sp³-hybridized carbons (Fsp3) is 0.250. The van der Waals surface area contributed by atoms with Crippen LogP contribution in [0, 0.1) is 0 Å². The van der Waals surface area contributed by atoms with E-state index < -0.39 is 6.41 Å². The Kier molecular flexibility index (Phi) is 7.36. The highest BCUT2D eigenvalue weighted by Crippen LogP contribution is 2.36. The molecule has 1 fully saturated rings. The van der Waals surface area contributed by atoms with Gasteiger partial charge in [-0.05, 0) is 77.3 Å². The number of aliphatic hydroxyl groups excluding tert-OH is 1. The van der Waals surface area contributed by atoms with Gasteiger partial charge in [-0.2, -0.15) is 5.10 Å². The van der Waals surface area contributed by atoms with Gasteiger partial charge in [0.25, 0.3) is 6.41 Å². The Morgan fingerprint density at radius 3 is 2.54 bits per heavy atom. The number of aliphatic hydroxyl groups is 1. The molecule has 1 aromatic heterocycles. The van der Waals surface area contributed by atoms with Crippen LogP contribution in [-0.4, -0.2) is 33.7 Å². The number of benzene rings is 3. The van der Waals surface area contributed by atoms with Gasteiger partial charge in [0.05, 0.1) is 11.7 Å². The normalized spacial score (nSPS) is 20.2. The third kappa shape index (κ3) is 5.43. The molecular weight excluding hydrogens is 488 g/mol. The zero-order valence-corrected chi connectivity index (χ0v) is 22.0. The molecule has 2 unspecified atom stereocenters. The first kappa shape index (κ1) is 25.2. The molecule has 2 N–H and O–H groups in total. The van der Waals surface area contributed by atoms with E-state index in [1.54, 1.807) is 6.08 Å². The lowest BCUT2D eigenvalue weighted by Crippen LogP contribution is -2.18. The number of aliphatic imine (C=N–C) groups is 1. The minimum absolute atomic E-state index is 0.00783. The largest absolute Gasteiger partial charge is 0.356 e. The number of amidine groups is 1. The van der Waals surface area contributed by atoms with Gasteiger partial charge in [0, 0.05) is 12.0 Å². The lowest BCUT2D eigenvalue weighted by Gasteiger charge is -2.23. The van der Waals surface area contributed by atoms with E-state index in [0.717, 1.165) is 53.5 Å². The van der Waals surface area contributed by atoms with Crippen molar-refractivity contribution in [2.45, 2.75) is 45.2 Å². The lowest BCUT2D eigenvalue weighted by molar-refractivity contribution is -0.102. The maximum absolute atomic E-state index is 9.38. The van der Waals surface area contributed by atoms with Gasteiger partial charge in [-0.15, -0.1) is 0 Å². The number of hydroxylamine groups is 1. The topological polar surface area (TPSA) is 80.9 Å². The summed E-state index contributed by atoms with van der Waals surface area (Å²) in [5.41, 5.74) is 10.7. The standard InChI is InChI=1S/C32H32N4O3/c1-2-27(23-8-4-3-5-9-23)31(24-14-11-22(12-15-24)13-18-29-34-32(37)39-35-29)25-16-17-28-26(20-25)21-33-36(28)30-10-6-7-19-38-30/h3-5,8-9,11-18,20-21,30,32,37H,2,6-7,10,19H2,1H3,(H,34,35)/b18-13+,31-27+. The Morgan fingerprint density at radius 2 is 1.82 bits per heavy atom. The molecular formula is C32H32N4O3. The molecule has 4 aromatic rings. The lowest BCUT2D eigenvalue weighted by atomic mass is 9.87. The highest BCUT2D eigenvalue weighted by Gasteiger charge is 2.20. The minimum Gasteiger partial charge on any atom is -0.356 e. The van der Waals surface area contributed by atoms with Gasteiger partial charge in [-0.1, -0.05) is 73.7 Å². The predicted octanol–water partition coefficient (Wildman–Crippen LogP) is 6.33. The zero-order chi connectivity index (χ0) is 26.6. The van der Waals surface area contributed by atoms with E-state index in [0.29, 0.717) is 5.84 Å². The van der Waals surface area contributed by atoms with Crippen LogP contribution in [0.2, 0.25) is 0 Å². The van der Waals surface area contributed by atoms with Crippen LogP contribution >= 0.6 is 0 Å². The van der Waals surface area contributed by atoms with Gasteiger partial charge in [-0.25, -0.2) is 20.0 Å². The quantitative estimate of drug-likeness (QED) is 0.279. The number of hydrogen-bond donors (Lipinski definition) is 2. The molecule has 7 heteroatoms. The molecule has 0 radical (unpaired) electrons. The molecule has 198 valence electrons. The Balaban J connectivity index is 1.40. The van der Waals surface area contributed by atoms with E-state index in [1.807, 2.05) is 17.0 Å². The van der Waals surface area contributed by atoms with E-state index in [-0.39, 0.29) is 6.23 Å². The smallest absolute Gasteiger partial charge is 0.280 e. The van der Waals surface area contributed by atoms with Crippen LogP contribution in [0.1, 0.15) is 61.1 Å². The van der Waals surface area contributed by atoms with Gasteiger partial charge in [-0.3, -0.25) is 0 Å². The Morgan fingerprint density at radius 1 is 1.00 bits per heavy atom. The Labute approximate surface area is 228 Å². The van der Waals surface area contributed by atoms with Gasteiger partial charge >= 0.3 is 0 Å². The van der Waals surface area contributed by atoms with Crippen molar-refractivity contribution in [2.24, 2.45) is 4.99 Å². The number of nitrogens with zero attached hydrogens (tertiary/aromatic N) is 3. The van der Waals surface area contributed by atoms with Crippen LogP contribution in [0.5, 0.6) is 0 Å². The zero-order valence-electron chi connectivity index (χ0n) is 22.0. The van der Waals surface area contributed by atoms with Crippen LogP contribution in [0.3, 0.4) is 0 Å². The molecule has 0 spiro atoms. The van der Waals surface area contributed by atoms with Crippen molar-refractivity contribution in [3.05, 3.63) is 107 Å². The summed E-state index contributed by atoms with van der Waals surface area (Å²) < 4.78 is 8.05. The van der Waals surface area contributed by atoms with Crippen molar-refractivity contribution in [3.8, 4) is 0 Å². The molecule has 0 bridgehead atoms. The first-order chi connectivity index (χ1) is 19.2. The molecule has 0 saturated carbocycles. The molecule has 3 heterocycles. The fourth-order valence-corrected chi connectivity index (χ4v) is 5.33. The average molecular weight is 521 g/mol. The van der Waals surface area contributed by atoms with E-state index in [9.17, 15) is 5.11 Å². The van der Waals surface area contributed by atoms with Crippen molar-refractivity contribution in [2.75, 3.05) is 6.61 Å². The molecule has 2 atom stereocenters. The molecule has 2 aliphatic heterocycles. The third-order valence-corrected chi connectivity index (χ3v) is 7.24. The summed E-state index contributed by atoms with van der Waals surface area (Å²) in [4.78, 5) is 8.78. The van der Waals surface area contributed by atoms with Crippen molar-refractivity contribution < 1.29 is 14.7 Å². The first-order valence-electron chi connectivity index (χ1n) is 13.5. The number of ether oxygens (including phenoxy) is 1. The summed E-state index contributed by atoms with van der Waals surface area (Å²) in [5, 5.41) is 15.2. The van der Waals surface area contributed by atoms with E-state index in [1.165, 1.54) is 23.1 Å². The van der Waals surface area contributed by atoms with Gasteiger partial charge in [0.15, 0.2) is 6.23 Å². The second-order valence-corrected chi connectivity index (χ2v) is 9.77. The van der Waals surface area contributed by atoms with Gasteiger partial charge in [0.1, 0.15) is 5.84 Å². The van der Waals surface area contributed by atoms with Crippen molar-refractivity contribution >= 4 is 34.0 Å². The molecule has 3 aromatic carbocycles. The molecule has 0 amide bonds. The van der Waals surface area contributed by atoms with Crippen molar-refractivity contribution in [1.29, 1.82) is 0 Å². The maximum Gasteiger partial charge on any atom is 0.280 e. The van der Waals surface area contributed by atoms with Crippen LogP contribution in [0.25, 0.3) is 28.1 Å². The van der Waals surface area contributed by atoms with E-state index in [4.69, 9.17) is 14.7 Å². The monoisotopic (exact) mass is 520 g/mol. The van der Waals surface area contributed by atoms with Crippen LogP contribution < -0.4 is 5.48 Å². The van der Waals surface area contributed by atoms with Gasteiger partial charge < -0.3 is 9.84 Å². The molecule has 2 aliphatic rings. The number of allylic oxidation sites excluding steroid dienone is 1.